The molecule has 0 unspecified atom stereocenters. The number of methoxy groups -OCH3 is 1. The fourth-order valence-electron chi connectivity index (χ4n) is 2.43. The zero-order chi connectivity index (χ0) is 18.6. The van der Waals surface area contributed by atoms with Gasteiger partial charge in [-0.1, -0.05) is 50.1 Å². The summed E-state index contributed by atoms with van der Waals surface area (Å²) in [6, 6.07) is 10.5. The zero-order valence-electron chi connectivity index (χ0n) is 14.2. The Morgan fingerprint density at radius 3 is 2.24 bits per heavy atom. The number of benzene rings is 2. The van der Waals surface area contributed by atoms with E-state index in [1.165, 1.54) is 12.7 Å². The summed E-state index contributed by atoms with van der Waals surface area (Å²) in [5.41, 5.74) is 3.74. The van der Waals surface area contributed by atoms with Crippen LogP contribution in [-0.2, 0) is 16.0 Å². The van der Waals surface area contributed by atoms with Crippen molar-refractivity contribution in [2.75, 3.05) is 7.11 Å². The lowest BCUT2D eigenvalue weighted by Crippen LogP contribution is -2.43. The predicted molar refractivity (Wildman–Crippen MR) is 105 cm³/mol. The average molecular weight is 469 g/mol. The topological polar surface area (TPSA) is 55.4 Å². The van der Waals surface area contributed by atoms with Gasteiger partial charge in [-0.05, 0) is 48.7 Å². The normalized spacial score (nSPS) is 11.7. The number of nitrogens with one attached hydrogen (secondary N) is 1. The molecular formula is C19H19Br2NO3. The maximum absolute atomic E-state index is 12.5. The second-order valence-corrected chi connectivity index (χ2v) is 7.66. The summed E-state index contributed by atoms with van der Waals surface area (Å²) in [5, 5.41) is 2.77. The first-order chi connectivity index (χ1) is 11.8. The molecule has 0 aliphatic heterocycles. The van der Waals surface area contributed by atoms with E-state index in [1.54, 1.807) is 12.1 Å². The van der Waals surface area contributed by atoms with E-state index >= 15 is 0 Å². The molecule has 2 rings (SSSR count). The molecule has 0 bridgehead atoms. The molecule has 1 amide bonds. The lowest BCUT2D eigenvalue weighted by Gasteiger charge is -2.17. The highest BCUT2D eigenvalue weighted by Crippen LogP contribution is 2.20. The molecule has 0 aliphatic carbocycles. The first-order valence-corrected chi connectivity index (χ1v) is 9.29. The molecule has 0 spiro atoms. The molecule has 132 valence electrons. The van der Waals surface area contributed by atoms with Gasteiger partial charge in [0.05, 0.1) is 7.11 Å². The fraction of sp³-hybridized carbons (Fsp3) is 0.263. The number of carbonyl (C=O) groups excluding carboxylic acids is 2. The van der Waals surface area contributed by atoms with Crippen LogP contribution in [0.4, 0.5) is 0 Å². The Bertz CT molecular complexity index is 785. The Labute approximate surface area is 164 Å². The van der Waals surface area contributed by atoms with Crippen LogP contribution in [0.15, 0.2) is 45.3 Å². The van der Waals surface area contributed by atoms with Gasteiger partial charge in [0.25, 0.3) is 5.91 Å². The van der Waals surface area contributed by atoms with Crippen molar-refractivity contribution in [2.24, 2.45) is 0 Å². The highest BCUT2D eigenvalue weighted by atomic mass is 79.9. The summed E-state index contributed by atoms with van der Waals surface area (Å²) < 4.78 is 6.40. The largest absolute Gasteiger partial charge is 0.467 e. The van der Waals surface area contributed by atoms with Crippen LogP contribution in [-0.4, -0.2) is 25.0 Å². The van der Waals surface area contributed by atoms with Gasteiger partial charge in [0.1, 0.15) is 6.04 Å². The van der Waals surface area contributed by atoms with Gasteiger partial charge in [-0.3, -0.25) is 4.79 Å². The van der Waals surface area contributed by atoms with Crippen LogP contribution < -0.4 is 5.32 Å². The van der Waals surface area contributed by atoms with E-state index in [4.69, 9.17) is 4.74 Å². The van der Waals surface area contributed by atoms with Gasteiger partial charge in [-0.15, -0.1) is 0 Å². The number of carbonyl (C=O) groups is 2. The summed E-state index contributed by atoms with van der Waals surface area (Å²) >= 11 is 6.71. The minimum absolute atomic E-state index is 0.332. The minimum Gasteiger partial charge on any atom is -0.467 e. The lowest BCUT2D eigenvalue weighted by atomic mass is 10.0. The summed E-state index contributed by atoms with van der Waals surface area (Å²) in [6.07, 6.45) is 0.370. The van der Waals surface area contributed by atoms with Crippen LogP contribution in [0.1, 0.15) is 27.0 Å². The van der Waals surface area contributed by atoms with E-state index < -0.39 is 12.0 Å². The van der Waals surface area contributed by atoms with Crippen LogP contribution in [0.25, 0.3) is 0 Å². The smallest absolute Gasteiger partial charge is 0.328 e. The van der Waals surface area contributed by atoms with Crippen molar-refractivity contribution in [1.82, 2.24) is 5.32 Å². The zero-order valence-corrected chi connectivity index (χ0v) is 17.4. The number of halogens is 2. The Balaban J connectivity index is 2.21. The van der Waals surface area contributed by atoms with E-state index in [1.807, 2.05) is 38.1 Å². The van der Waals surface area contributed by atoms with Gasteiger partial charge in [0, 0.05) is 20.9 Å². The Morgan fingerprint density at radius 1 is 1.04 bits per heavy atom. The third-order valence-corrected chi connectivity index (χ3v) is 4.84. The average Bonchev–Trinajstić information content (AvgIpc) is 2.55. The lowest BCUT2D eigenvalue weighted by molar-refractivity contribution is -0.142. The van der Waals surface area contributed by atoms with Crippen molar-refractivity contribution in [2.45, 2.75) is 26.3 Å². The predicted octanol–water partition coefficient (Wildman–Crippen LogP) is 4.34. The number of esters is 1. The van der Waals surface area contributed by atoms with Gasteiger partial charge in [0.15, 0.2) is 0 Å². The molecule has 6 heteroatoms. The maximum Gasteiger partial charge on any atom is 0.328 e. The molecule has 2 aromatic carbocycles. The number of aryl methyl sites for hydroxylation is 2. The minimum atomic E-state index is -0.752. The number of amides is 1. The molecule has 0 radical (unpaired) electrons. The number of rotatable bonds is 5. The first-order valence-electron chi connectivity index (χ1n) is 7.71. The first kappa shape index (κ1) is 19.7. The SMILES string of the molecule is COC(=O)[C@@H](Cc1ccc(C)c(C)c1)NC(=O)c1cc(Br)cc(Br)c1. The molecule has 1 atom stereocenters. The Morgan fingerprint density at radius 2 is 1.68 bits per heavy atom. The molecule has 0 saturated heterocycles. The van der Waals surface area contributed by atoms with Crippen molar-refractivity contribution in [3.8, 4) is 0 Å². The molecule has 0 heterocycles. The molecular weight excluding hydrogens is 450 g/mol. The van der Waals surface area contributed by atoms with Crippen LogP contribution in [0.5, 0.6) is 0 Å². The Hall–Kier alpha value is -1.66. The summed E-state index contributed by atoms with van der Waals surface area (Å²) in [6.45, 7) is 4.05. The van der Waals surface area contributed by atoms with Crippen LogP contribution >= 0.6 is 31.9 Å². The van der Waals surface area contributed by atoms with Gasteiger partial charge < -0.3 is 10.1 Å². The second kappa shape index (κ2) is 8.63. The third-order valence-electron chi connectivity index (χ3n) is 3.93. The van der Waals surface area contributed by atoms with E-state index in [0.717, 1.165) is 20.1 Å². The third kappa shape index (κ3) is 5.41. The Kier molecular flexibility index (Phi) is 6.79. The standard InChI is InChI=1S/C19H19Br2NO3/c1-11-4-5-13(6-12(11)2)7-17(19(24)25-3)22-18(23)14-8-15(20)10-16(21)9-14/h4-6,8-10,17H,7H2,1-3H3,(H,22,23)/t17-/m1/s1. The van der Waals surface area contributed by atoms with Crippen LogP contribution in [0.3, 0.4) is 0 Å². The quantitative estimate of drug-likeness (QED) is 0.664. The number of hydrogen-bond acceptors (Lipinski definition) is 3. The van der Waals surface area contributed by atoms with Crippen molar-refractivity contribution in [1.29, 1.82) is 0 Å². The van der Waals surface area contributed by atoms with E-state index in [2.05, 4.69) is 37.2 Å². The van der Waals surface area contributed by atoms with Crippen molar-refractivity contribution in [3.63, 3.8) is 0 Å². The van der Waals surface area contributed by atoms with Gasteiger partial charge in [-0.25, -0.2) is 4.79 Å². The number of ether oxygens (including phenoxy) is 1. The van der Waals surface area contributed by atoms with Gasteiger partial charge in [-0.2, -0.15) is 0 Å². The summed E-state index contributed by atoms with van der Waals surface area (Å²) in [4.78, 5) is 24.6. The molecule has 4 nitrogen and oxygen atoms in total. The van der Waals surface area contributed by atoms with E-state index in [9.17, 15) is 9.59 Å². The van der Waals surface area contributed by atoms with Crippen molar-refractivity contribution >= 4 is 43.7 Å². The molecule has 0 aliphatic rings. The number of hydrogen-bond donors (Lipinski definition) is 1. The van der Waals surface area contributed by atoms with Gasteiger partial charge in [0.2, 0.25) is 0 Å². The summed E-state index contributed by atoms with van der Waals surface area (Å²) in [5.74, 6) is -0.804. The second-order valence-electron chi connectivity index (χ2n) is 5.83. The highest BCUT2D eigenvalue weighted by molar-refractivity contribution is 9.11. The molecule has 25 heavy (non-hydrogen) atoms. The van der Waals surface area contributed by atoms with Crippen LogP contribution in [0, 0.1) is 13.8 Å². The molecule has 2 aromatic rings. The maximum atomic E-state index is 12.5. The monoisotopic (exact) mass is 467 g/mol. The van der Waals surface area contributed by atoms with Crippen LogP contribution in [0.2, 0.25) is 0 Å². The molecule has 0 fully saturated rings. The molecule has 0 aromatic heterocycles. The van der Waals surface area contributed by atoms with E-state index in [0.29, 0.717) is 12.0 Å². The van der Waals surface area contributed by atoms with Crippen molar-refractivity contribution < 1.29 is 14.3 Å². The molecule has 0 saturated carbocycles. The fourth-order valence-corrected chi connectivity index (χ4v) is 3.72. The van der Waals surface area contributed by atoms with Crippen molar-refractivity contribution in [3.05, 3.63) is 67.6 Å². The van der Waals surface area contributed by atoms with Gasteiger partial charge >= 0.3 is 5.97 Å². The summed E-state index contributed by atoms with van der Waals surface area (Å²) in [7, 11) is 1.32. The van der Waals surface area contributed by atoms with E-state index in [-0.39, 0.29) is 5.91 Å². The highest BCUT2D eigenvalue weighted by Gasteiger charge is 2.23. The molecule has 1 N–H and O–H groups in total.